The van der Waals surface area contributed by atoms with Gasteiger partial charge in [-0.05, 0) is 43.7 Å². The van der Waals surface area contributed by atoms with E-state index >= 15 is 0 Å². The highest BCUT2D eigenvalue weighted by Gasteiger charge is 2.08. The van der Waals surface area contributed by atoms with E-state index in [2.05, 4.69) is 33.2 Å². The van der Waals surface area contributed by atoms with E-state index in [1.807, 2.05) is 36.7 Å². The maximum Gasteiger partial charge on any atom is 0.0793 e. The molecule has 0 saturated carbocycles. The van der Waals surface area contributed by atoms with E-state index in [1.165, 1.54) is 0 Å². The van der Waals surface area contributed by atoms with Gasteiger partial charge in [0.15, 0.2) is 0 Å². The van der Waals surface area contributed by atoms with Gasteiger partial charge in [-0.25, -0.2) is 4.68 Å². The Hall–Kier alpha value is -1.60. The molecule has 1 aromatic carbocycles. The molecule has 0 bridgehead atoms. The first-order valence-electron chi connectivity index (χ1n) is 5.31. The summed E-state index contributed by atoms with van der Waals surface area (Å²) in [7, 11) is 0. The van der Waals surface area contributed by atoms with Crippen LogP contribution in [0.1, 0.15) is 17.0 Å². The van der Waals surface area contributed by atoms with Crippen LogP contribution in [0, 0.1) is 25.2 Å². The number of nitrogens with zero attached hydrogens (tertiary/aromatic N) is 3. The number of benzene rings is 1. The van der Waals surface area contributed by atoms with Crippen LogP contribution in [0.25, 0.3) is 5.69 Å². The molecule has 17 heavy (non-hydrogen) atoms. The lowest BCUT2D eigenvalue weighted by Gasteiger charge is -2.08. The molecule has 1 aromatic heterocycles. The summed E-state index contributed by atoms with van der Waals surface area (Å²) in [6.45, 7) is 4.04. The van der Waals surface area contributed by atoms with E-state index in [1.54, 1.807) is 0 Å². The quantitative estimate of drug-likeness (QED) is 0.851. The molecular formula is C13H12BrN3. The van der Waals surface area contributed by atoms with Crippen molar-refractivity contribution in [2.24, 2.45) is 0 Å². The van der Waals surface area contributed by atoms with Crippen molar-refractivity contribution >= 4 is 15.9 Å². The molecule has 2 aromatic rings. The van der Waals surface area contributed by atoms with Crippen LogP contribution in [0.5, 0.6) is 0 Å². The summed E-state index contributed by atoms with van der Waals surface area (Å²) in [5, 5.41) is 13.1. The molecule has 2 rings (SSSR count). The third-order valence-corrected chi connectivity index (χ3v) is 3.08. The van der Waals surface area contributed by atoms with Gasteiger partial charge in [0.2, 0.25) is 0 Å². The van der Waals surface area contributed by atoms with E-state index < -0.39 is 0 Å². The zero-order valence-electron chi connectivity index (χ0n) is 9.74. The second-order valence-corrected chi connectivity index (χ2v) is 4.87. The Morgan fingerprint density at radius 1 is 1.35 bits per heavy atom. The zero-order valence-corrected chi connectivity index (χ0v) is 11.3. The molecule has 0 N–H and O–H groups in total. The highest BCUT2D eigenvalue weighted by molar-refractivity contribution is 9.10. The second-order valence-electron chi connectivity index (χ2n) is 3.95. The number of hydrogen-bond donors (Lipinski definition) is 0. The molecule has 0 amide bonds. The SMILES string of the molecule is Cc1cc(Br)ccc1-n1nc(CC#N)cc1C. The molecule has 86 valence electrons. The molecule has 0 aliphatic rings. The van der Waals surface area contributed by atoms with Crippen LogP contribution in [0.3, 0.4) is 0 Å². The third kappa shape index (κ3) is 2.40. The highest BCUT2D eigenvalue weighted by atomic mass is 79.9. The minimum Gasteiger partial charge on any atom is -0.238 e. The summed E-state index contributed by atoms with van der Waals surface area (Å²) < 4.78 is 2.94. The number of aromatic nitrogens is 2. The predicted octanol–water partition coefficient (Wildman–Crippen LogP) is 3.32. The summed E-state index contributed by atoms with van der Waals surface area (Å²) >= 11 is 3.44. The molecule has 3 nitrogen and oxygen atoms in total. The molecule has 0 radical (unpaired) electrons. The Morgan fingerprint density at radius 3 is 2.76 bits per heavy atom. The van der Waals surface area contributed by atoms with Gasteiger partial charge in [0.05, 0.1) is 23.9 Å². The fraction of sp³-hybridized carbons (Fsp3) is 0.231. The van der Waals surface area contributed by atoms with Gasteiger partial charge in [-0.1, -0.05) is 15.9 Å². The minimum absolute atomic E-state index is 0.351. The van der Waals surface area contributed by atoms with E-state index in [0.29, 0.717) is 6.42 Å². The topological polar surface area (TPSA) is 41.6 Å². The van der Waals surface area contributed by atoms with Crippen LogP contribution in [0.15, 0.2) is 28.7 Å². The molecule has 0 unspecified atom stereocenters. The lowest BCUT2D eigenvalue weighted by atomic mass is 10.2. The fourth-order valence-corrected chi connectivity index (χ4v) is 2.28. The van der Waals surface area contributed by atoms with Crippen LogP contribution in [-0.2, 0) is 6.42 Å². The summed E-state index contributed by atoms with van der Waals surface area (Å²) in [4.78, 5) is 0. The summed E-state index contributed by atoms with van der Waals surface area (Å²) in [5.74, 6) is 0. The number of aryl methyl sites for hydroxylation is 2. The molecule has 0 aliphatic carbocycles. The van der Waals surface area contributed by atoms with Crippen molar-refractivity contribution < 1.29 is 0 Å². The first-order valence-corrected chi connectivity index (χ1v) is 6.10. The van der Waals surface area contributed by atoms with E-state index in [0.717, 1.165) is 27.1 Å². The van der Waals surface area contributed by atoms with E-state index in [4.69, 9.17) is 5.26 Å². The fourth-order valence-electron chi connectivity index (χ4n) is 1.81. The maximum atomic E-state index is 8.68. The van der Waals surface area contributed by atoms with Crippen molar-refractivity contribution in [3.63, 3.8) is 0 Å². The van der Waals surface area contributed by atoms with Crippen LogP contribution >= 0.6 is 15.9 Å². The molecule has 1 heterocycles. The summed E-state index contributed by atoms with van der Waals surface area (Å²) in [6, 6.07) is 10.1. The average Bonchev–Trinajstić information content (AvgIpc) is 2.60. The second kappa shape index (κ2) is 4.72. The lowest BCUT2D eigenvalue weighted by Crippen LogP contribution is -2.01. The van der Waals surface area contributed by atoms with Crippen molar-refractivity contribution in [1.29, 1.82) is 5.26 Å². The number of hydrogen-bond acceptors (Lipinski definition) is 2. The Balaban J connectivity index is 2.49. The molecule has 0 spiro atoms. The Kier molecular flexibility index (Phi) is 3.30. The maximum absolute atomic E-state index is 8.68. The number of halogens is 1. The van der Waals surface area contributed by atoms with Gasteiger partial charge in [0.25, 0.3) is 0 Å². The van der Waals surface area contributed by atoms with Crippen LogP contribution in [-0.4, -0.2) is 9.78 Å². The van der Waals surface area contributed by atoms with Gasteiger partial charge < -0.3 is 0 Å². The smallest absolute Gasteiger partial charge is 0.0793 e. The van der Waals surface area contributed by atoms with Gasteiger partial charge in [-0.15, -0.1) is 0 Å². The molecule has 0 aliphatic heterocycles. The standard InChI is InChI=1S/C13H12BrN3/c1-9-7-11(14)3-4-13(9)17-10(2)8-12(16-17)5-6-15/h3-4,7-8H,5H2,1-2H3. The third-order valence-electron chi connectivity index (χ3n) is 2.59. The van der Waals surface area contributed by atoms with Crippen LogP contribution in [0.4, 0.5) is 0 Å². The highest BCUT2D eigenvalue weighted by Crippen LogP contribution is 2.20. The van der Waals surface area contributed by atoms with Crippen molar-refractivity contribution in [3.8, 4) is 11.8 Å². The van der Waals surface area contributed by atoms with Gasteiger partial charge in [0, 0.05) is 10.2 Å². The molecule has 0 atom stereocenters. The minimum atomic E-state index is 0.351. The van der Waals surface area contributed by atoms with Gasteiger partial charge >= 0.3 is 0 Å². The van der Waals surface area contributed by atoms with Crippen molar-refractivity contribution in [3.05, 3.63) is 45.7 Å². The van der Waals surface area contributed by atoms with E-state index in [9.17, 15) is 0 Å². The van der Waals surface area contributed by atoms with Gasteiger partial charge in [-0.2, -0.15) is 10.4 Å². The van der Waals surface area contributed by atoms with Gasteiger partial charge in [0.1, 0.15) is 0 Å². The van der Waals surface area contributed by atoms with Crippen LogP contribution < -0.4 is 0 Å². The molecule has 0 saturated heterocycles. The average molecular weight is 290 g/mol. The lowest BCUT2D eigenvalue weighted by molar-refractivity contribution is 0.820. The predicted molar refractivity (Wildman–Crippen MR) is 70.1 cm³/mol. The normalized spacial score (nSPS) is 10.2. The Bertz CT molecular complexity index is 593. The Labute approximate surface area is 109 Å². The largest absolute Gasteiger partial charge is 0.238 e. The monoisotopic (exact) mass is 289 g/mol. The molecule has 4 heteroatoms. The van der Waals surface area contributed by atoms with Crippen molar-refractivity contribution in [1.82, 2.24) is 9.78 Å². The van der Waals surface area contributed by atoms with Crippen molar-refractivity contribution in [2.45, 2.75) is 20.3 Å². The summed E-state index contributed by atoms with van der Waals surface area (Å²) in [5.41, 5.74) is 4.05. The molecule has 0 fully saturated rings. The molecular weight excluding hydrogens is 278 g/mol. The summed E-state index contributed by atoms with van der Waals surface area (Å²) in [6.07, 6.45) is 0.351. The Morgan fingerprint density at radius 2 is 2.12 bits per heavy atom. The number of nitriles is 1. The van der Waals surface area contributed by atoms with Gasteiger partial charge in [-0.3, -0.25) is 0 Å². The van der Waals surface area contributed by atoms with Crippen LogP contribution in [0.2, 0.25) is 0 Å². The zero-order chi connectivity index (χ0) is 12.4. The van der Waals surface area contributed by atoms with Crippen molar-refractivity contribution in [2.75, 3.05) is 0 Å². The van der Waals surface area contributed by atoms with E-state index in [-0.39, 0.29) is 0 Å². The number of rotatable bonds is 2. The first kappa shape index (κ1) is 11.9. The first-order chi connectivity index (χ1) is 8.11.